The predicted octanol–water partition coefficient (Wildman–Crippen LogP) is 2.40. The molecule has 1 aliphatic rings. The molecule has 1 amide bonds. The van der Waals surface area contributed by atoms with E-state index in [0.717, 1.165) is 19.4 Å². The van der Waals surface area contributed by atoms with E-state index in [2.05, 4.69) is 22.3 Å². The van der Waals surface area contributed by atoms with Crippen LogP contribution in [-0.4, -0.2) is 29.7 Å². The third kappa shape index (κ3) is 2.76. The Hall–Kier alpha value is -2.14. The van der Waals surface area contributed by atoms with E-state index in [-0.39, 0.29) is 10.6 Å². The first-order valence-electron chi connectivity index (χ1n) is 7.11. The van der Waals surface area contributed by atoms with Gasteiger partial charge in [-0.2, -0.15) is 0 Å². The smallest absolute Gasteiger partial charge is 0.252 e. The van der Waals surface area contributed by atoms with Gasteiger partial charge in [0.1, 0.15) is 0 Å². The van der Waals surface area contributed by atoms with Crippen LogP contribution in [0.25, 0.3) is 0 Å². The fraction of sp³-hybridized carbons (Fsp3) is 0.312. The van der Waals surface area contributed by atoms with E-state index in [0.29, 0.717) is 11.4 Å². The van der Waals surface area contributed by atoms with Crippen molar-refractivity contribution >= 4 is 23.3 Å². The fourth-order valence-corrected chi connectivity index (χ4v) is 2.98. The minimum absolute atomic E-state index is 0.117. The van der Waals surface area contributed by atoms with Gasteiger partial charge < -0.3 is 10.6 Å². The molecule has 0 bridgehead atoms. The molecular formula is C16H17ClN4O. The van der Waals surface area contributed by atoms with Gasteiger partial charge in [0.2, 0.25) is 0 Å². The van der Waals surface area contributed by atoms with E-state index >= 15 is 0 Å². The van der Waals surface area contributed by atoms with E-state index in [1.54, 1.807) is 0 Å². The van der Waals surface area contributed by atoms with Gasteiger partial charge in [-0.3, -0.25) is 4.79 Å². The number of primary amides is 1. The molecular weight excluding hydrogens is 300 g/mol. The zero-order valence-corrected chi connectivity index (χ0v) is 13.0. The Morgan fingerprint density at radius 3 is 2.59 bits per heavy atom. The van der Waals surface area contributed by atoms with Crippen molar-refractivity contribution in [2.75, 3.05) is 18.5 Å². The monoisotopic (exact) mass is 316 g/mol. The van der Waals surface area contributed by atoms with Crippen LogP contribution in [0.2, 0.25) is 5.15 Å². The number of nitrogens with zero attached hydrogens (tertiary/aromatic N) is 3. The van der Waals surface area contributed by atoms with Crippen molar-refractivity contribution in [3.8, 4) is 0 Å². The molecule has 0 aliphatic heterocycles. The number of aromatic nitrogens is 2. The summed E-state index contributed by atoms with van der Waals surface area (Å²) < 4.78 is 0. The quantitative estimate of drug-likeness (QED) is 0.919. The molecule has 114 valence electrons. The predicted molar refractivity (Wildman–Crippen MR) is 86.2 cm³/mol. The van der Waals surface area contributed by atoms with Crippen molar-refractivity contribution in [3.63, 3.8) is 0 Å². The molecule has 0 radical (unpaired) electrons. The second-order valence-corrected chi connectivity index (χ2v) is 6.16. The Bertz CT molecular complexity index is 701. The lowest BCUT2D eigenvalue weighted by molar-refractivity contribution is 0.1000. The maximum Gasteiger partial charge on any atom is 0.252 e. The van der Waals surface area contributed by atoms with Gasteiger partial charge in [-0.05, 0) is 24.5 Å². The minimum Gasteiger partial charge on any atom is -0.365 e. The Morgan fingerprint density at radius 2 is 2.00 bits per heavy atom. The average Bonchev–Trinajstić information content (AvgIpc) is 3.28. The van der Waals surface area contributed by atoms with E-state index < -0.39 is 5.91 Å². The van der Waals surface area contributed by atoms with E-state index in [9.17, 15) is 4.79 Å². The molecule has 1 saturated carbocycles. The highest BCUT2D eigenvalue weighted by Gasteiger charge is 2.45. The normalized spacial score (nSPS) is 15.4. The average molecular weight is 317 g/mol. The minimum atomic E-state index is -0.553. The number of hydrogen-bond acceptors (Lipinski definition) is 4. The van der Waals surface area contributed by atoms with Crippen LogP contribution >= 0.6 is 11.6 Å². The number of halogens is 1. The van der Waals surface area contributed by atoms with Crippen LogP contribution in [0.5, 0.6) is 0 Å². The number of nitrogens with two attached hydrogens (primary N) is 1. The van der Waals surface area contributed by atoms with Crippen LogP contribution in [0.15, 0.2) is 36.4 Å². The second kappa shape index (κ2) is 5.57. The Labute approximate surface area is 134 Å². The van der Waals surface area contributed by atoms with Gasteiger partial charge >= 0.3 is 0 Å². The highest BCUT2D eigenvalue weighted by Crippen LogP contribution is 2.48. The molecule has 1 aromatic carbocycles. The van der Waals surface area contributed by atoms with Crippen LogP contribution in [0.3, 0.4) is 0 Å². The number of anilines is 1. The molecule has 5 nitrogen and oxygen atoms in total. The summed E-state index contributed by atoms with van der Waals surface area (Å²) in [4.78, 5) is 13.5. The number of amides is 1. The molecule has 1 aromatic heterocycles. The third-order valence-electron chi connectivity index (χ3n) is 4.15. The standard InChI is InChI=1S/C16H17ClN4O/c1-21(15-12(14(18)22)9-13(17)19-20-15)10-16(7-8-16)11-5-3-2-4-6-11/h2-6,9H,7-8,10H2,1H3,(H2,18,22). The van der Waals surface area contributed by atoms with Gasteiger partial charge in [0.05, 0.1) is 5.56 Å². The summed E-state index contributed by atoms with van der Waals surface area (Å²) in [5, 5.41) is 8.04. The maximum atomic E-state index is 11.6. The molecule has 1 heterocycles. The van der Waals surface area contributed by atoms with Gasteiger partial charge in [-0.15, -0.1) is 10.2 Å². The maximum absolute atomic E-state index is 11.6. The first-order valence-corrected chi connectivity index (χ1v) is 7.49. The van der Waals surface area contributed by atoms with Gasteiger partial charge in [0.15, 0.2) is 11.0 Å². The van der Waals surface area contributed by atoms with Gasteiger partial charge in [0, 0.05) is 19.0 Å². The zero-order valence-electron chi connectivity index (χ0n) is 12.3. The molecule has 6 heteroatoms. The number of carbonyl (C=O) groups excluding carboxylic acids is 1. The Balaban J connectivity index is 1.87. The van der Waals surface area contributed by atoms with Crippen molar-refractivity contribution in [1.82, 2.24) is 10.2 Å². The summed E-state index contributed by atoms with van der Waals surface area (Å²) >= 11 is 5.81. The molecule has 2 aromatic rings. The number of rotatable bonds is 5. The summed E-state index contributed by atoms with van der Waals surface area (Å²) in [6.07, 6.45) is 2.24. The van der Waals surface area contributed by atoms with Crippen LogP contribution < -0.4 is 10.6 Å². The van der Waals surface area contributed by atoms with E-state index in [1.165, 1.54) is 11.6 Å². The summed E-state index contributed by atoms with van der Waals surface area (Å²) in [6.45, 7) is 0.758. The van der Waals surface area contributed by atoms with Gasteiger partial charge in [0.25, 0.3) is 5.91 Å². The molecule has 0 unspecified atom stereocenters. The van der Waals surface area contributed by atoms with E-state index in [1.807, 2.05) is 30.1 Å². The topological polar surface area (TPSA) is 72.1 Å². The summed E-state index contributed by atoms with van der Waals surface area (Å²) in [5.74, 6) is -0.0812. The van der Waals surface area contributed by atoms with Crippen molar-refractivity contribution in [2.24, 2.45) is 5.73 Å². The van der Waals surface area contributed by atoms with Crippen LogP contribution in [0.4, 0.5) is 5.82 Å². The summed E-state index contributed by atoms with van der Waals surface area (Å²) in [6, 6.07) is 11.9. The molecule has 0 spiro atoms. The molecule has 1 fully saturated rings. The molecule has 22 heavy (non-hydrogen) atoms. The Morgan fingerprint density at radius 1 is 1.32 bits per heavy atom. The van der Waals surface area contributed by atoms with E-state index in [4.69, 9.17) is 17.3 Å². The molecule has 0 atom stereocenters. The SMILES string of the molecule is CN(CC1(c2ccccc2)CC1)c1nnc(Cl)cc1C(N)=O. The van der Waals surface area contributed by atoms with Gasteiger partial charge in [-0.1, -0.05) is 41.9 Å². The van der Waals surface area contributed by atoms with Gasteiger partial charge in [-0.25, -0.2) is 0 Å². The second-order valence-electron chi connectivity index (χ2n) is 5.77. The Kier molecular flexibility index (Phi) is 3.74. The first kappa shape index (κ1) is 14.8. The van der Waals surface area contributed by atoms with Crippen molar-refractivity contribution in [1.29, 1.82) is 0 Å². The largest absolute Gasteiger partial charge is 0.365 e. The number of likely N-dealkylation sites (N-methyl/N-ethyl adjacent to an activating group) is 1. The lowest BCUT2D eigenvalue weighted by Crippen LogP contribution is -2.32. The molecule has 3 rings (SSSR count). The van der Waals surface area contributed by atoms with Crippen LogP contribution in [-0.2, 0) is 5.41 Å². The van der Waals surface area contributed by atoms with Crippen molar-refractivity contribution in [3.05, 3.63) is 52.7 Å². The molecule has 2 N–H and O–H groups in total. The number of benzene rings is 1. The summed E-state index contributed by atoms with van der Waals surface area (Å²) in [7, 11) is 1.90. The van der Waals surface area contributed by atoms with Crippen LogP contribution in [0.1, 0.15) is 28.8 Å². The highest BCUT2D eigenvalue weighted by atomic mass is 35.5. The lowest BCUT2D eigenvalue weighted by atomic mass is 9.95. The number of carbonyl (C=O) groups is 1. The van der Waals surface area contributed by atoms with Crippen molar-refractivity contribution in [2.45, 2.75) is 18.3 Å². The number of hydrogen-bond donors (Lipinski definition) is 1. The third-order valence-corrected chi connectivity index (χ3v) is 4.34. The molecule has 1 aliphatic carbocycles. The first-order chi connectivity index (χ1) is 10.5. The van der Waals surface area contributed by atoms with Crippen molar-refractivity contribution < 1.29 is 4.79 Å². The zero-order chi connectivity index (χ0) is 15.7. The van der Waals surface area contributed by atoms with Crippen LogP contribution in [0, 0.1) is 0 Å². The summed E-state index contributed by atoms with van der Waals surface area (Å²) in [5.41, 5.74) is 7.14. The highest BCUT2D eigenvalue weighted by molar-refractivity contribution is 6.29. The lowest BCUT2D eigenvalue weighted by Gasteiger charge is -2.25. The fourth-order valence-electron chi connectivity index (χ4n) is 2.83. The molecule has 0 saturated heterocycles.